The molecule has 3 rings (SSSR count). The quantitative estimate of drug-likeness (QED) is 0.581. The lowest BCUT2D eigenvalue weighted by molar-refractivity contribution is -0.118. The zero-order valence-electron chi connectivity index (χ0n) is 15.1. The Labute approximate surface area is 162 Å². The van der Waals surface area contributed by atoms with Gasteiger partial charge in [-0.2, -0.15) is 5.26 Å². The Hall–Kier alpha value is -1.85. The molecule has 0 spiro atoms. The van der Waals surface area contributed by atoms with Crippen molar-refractivity contribution in [3.63, 3.8) is 0 Å². The number of amides is 1. The number of hydrogen-bond donors (Lipinski definition) is 1. The van der Waals surface area contributed by atoms with Gasteiger partial charge in [0.2, 0.25) is 5.91 Å². The Bertz CT molecular complexity index is 820. The second-order valence-electron chi connectivity index (χ2n) is 6.49. The highest BCUT2D eigenvalue weighted by Crippen LogP contribution is 2.37. The van der Waals surface area contributed by atoms with Gasteiger partial charge in [0.25, 0.3) is 0 Å². The van der Waals surface area contributed by atoms with Crippen LogP contribution in [-0.4, -0.2) is 33.0 Å². The standard InChI is InChI=1S/C18H23N5OS2/c1-3-12-5-6-14-13(9-12)10-15(26-14)17-21-22-18(23(17)2)25-11-16(24)20-8-4-7-19/h10,12H,3-6,8-9,11H2,1-2H3,(H,20,24)/t12-/m1/s1. The number of fused-ring (bicyclic) bond motifs is 1. The fourth-order valence-electron chi connectivity index (χ4n) is 3.15. The molecule has 1 aliphatic carbocycles. The third-order valence-electron chi connectivity index (χ3n) is 4.71. The van der Waals surface area contributed by atoms with E-state index in [1.165, 1.54) is 47.9 Å². The number of nitriles is 1. The Morgan fingerprint density at radius 1 is 1.54 bits per heavy atom. The molecule has 2 aromatic heterocycles. The van der Waals surface area contributed by atoms with Gasteiger partial charge in [0, 0.05) is 18.5 Å². The molecule has 0 aliphatic heterocycles. The lowest BCUT2D eigenvalue weighted by Gasteiger charge is -2.19. The normalized spacial score (nSPS) is 16.1. The van der Waals surface area contributed by atoms with Crippen molar-refractivity contribution in [2.75, 3.05) is 12.3 Å². The molecule has 1 amide bonds. The maximum atomic E-state index is 11.8. The van der Waals surface area contributed by atoms with Crippen LogP contribution in [0.2, 0.25) is 0 Å². The number of carbonyl (C=O) groups excluding carboxylic acids is 1. The van der Waals surface area contributed by atoms with Gasteiger partial charge in [-0.05, 0) is 36.8 Å². The van der Waals surface area contributed by atoms with Crippen molar-refractivity contribution >= 4 is 29.0 Å². The van der Waals surface area contributed by atoms with E-state index >= 15 is 0 Å². The fraction of sp³-hybridized carbons (Fsp3) is 0.556. The molecule has 2 heterocycles. The monoisotopic (exact) mass is 389 g/mol. The van der Waals surface area contributed by atoms with Crippen molar-refractivity contribution in [1.82, 2.24) is 20.1 Å². The molecular weight excluding hydrogens is 366 g/mol. The van der Waals surface area contributed by atoms with E-state index in [1.54, 1.807) is 0 Å². The maximum absolute atomic E-state index is 11.8. The Balaban J connectivity index is 1.65. The molecule has 1 N–H and O–H groups in total. The summed E-state index contributed by atoms with van der Waals surface area (Å²) >= 11 is 3.19. The second kappa shape index (κ2) is 8.69. The number of carbonyl (C=O) groups is 1. The van der Waals surface area contributed by atoms with Crippen LogP contribution < -0.4 is 5.32 Å². The van der Waals surface area contributed by atoms with Crippen LogP contribution in [0.3, 0.4) is 0 Å². The molecule has 0 fully saturated rings. The molecule has 0 radical (unpaired) electrons. The van der Waals surface area contributed by atoms with Gasteiger partial charge < -0.3 is 9.88 Å². The molecule has 0 saturated heterocycles. The summed E-state index contributed by atoms with van der Waals surface area (Å²) in [7, 11) is 1.94. The number of nitrogens with one attached hydrogen (secondary N) is 1. The van der Waals surface area contributed by atoms with Crippen LogP contribution in [0.15, 0.2) is 11.2 Å². The van der Waals surface area contributed by atoms with Gasteiger partial charge in [-0.25, -0.2) is 0 Å². The molecule has 6 nitrogen and oxygen atoms in total. The van der Waals surface area contributed by atoms with Gasteiger partial charge in [-0.3, -0.25) is 4.79 Å². The van der Waals surface area contributed by atoms with Crippen LogP contribution >= 0.6 is 23.1 Å². The van der Waals surface area contributed by atoms with Crippen LogP contribution in [0.4, 0.5) is 0 Å². The SMILES string of the molecule is CC[C@@H]1CCc2sc(-c3nnc(SCC(=O)NCCC#N)n3C)cc2C1. The first kappa shape index (κ1) is 18.9. The summed E-state index contributed by atoms with van der Waals surface area (Å²) in [6.45, 7) is 2.66. The average Bonchev–Trinajstić information content (AvgIpc) is 3.22. The van der Waals surface area contributed by atoms with E-state index in [9.17, 15) is 4.79 Å². The van der Waals surface area contributed by atoms with Crippen molar-refractivity contribution in [3.8, 4) is 16.8 Å². The molecule has 138 valence electrons. The molecule has 1 atom stereocenters. The predicted molar refractivity (Wildman–Crippen MR) is 104 cm³/mol. The Morgan fingerprint density at radius 2 is 2.38 bits per heavy atom. The molecular formula is C18H23N5OS2. The molecule has 8 heteroatoms. The molecule has 1 aliphatic rings. The highest BCUT2D eigenvalue weighted by Gasteiger charge is 2.22. The van der Waals surface area contributed by atoms with Crippen molar-refractivity contribution in [2.24, 2.45) is 13.0 Å². The van der Waals surface area contributed by atoms with Crippen LogP contribution in [-0.2, 0) is 24.7 Å². The number of nitrogens with zero attached hydrogens (tertiary/aromatic N) is 4. The molecule has 2 aromatic rings. The van der Waals surface area contributed by atoms with Gasteiger partial charge in [0.05, 0.1) is 23.1 Å². The van der Waals surface area contributed by atoms with Crippen LogP contribution in [0.25, 0.3) is 10.7 Å². The highest BCUT2D eigenvalue weighted by molar-refractivity contribution is 7.99. The van der Waals surface area contributed by atoms with Crippen molar-refractivity contribution in [2.45, 2.75) is 44.2 Å². The number of aryl methyl sites for hydroxylation is 1. The Kier molecular flexibility index (Phi) is 6.33. The summed E-state index contributed by atoms with van der Waals surface area (Å²) in [5, 5.41) is 20.5. The van der Waals surface area contributed by atoms with Crippen molar-refractivity contribution in [3.05, 3.63) is 16.5 Å². The van der Waals surface area contributed by atoms with E-state index < -0.39 is 0 Å². The number of thioether (sulfide) groups is 1. The molecule has 26 heavy (non-hydrogen) atoms. The topological polar surface area (TPSA) is 83.6 Å². The summed E-state index contributed by atoms with van der Waals surface area (Å²) in [5.74, 6) is 1.85. The van der Waals surface area contributed by atoms with Crippen LogP contribution in [0.1, 0.15) is 36.6 Å². The fourth-order valence-corrected chi connectivity index (χ4v) is 5.12. The zero-order chi connectivity index (χ0) is 18.5. The Morgan fingerprint density at radius 3 is 3.15 bits per heavy atom. The van der Waals surface area contributed by atoms with Gasteiger partial charge in [-0.1, -0.05) is 25.1 Å². The summed E-state index contributed by atoms with van der Waals surface area (Å²) in [4.78, 5) is 14.4. The zero-order valence-corrected chi connectivity index (χ0v) is 16.8. The lowest BCUT2D eigenvalue weighted by Crippen LogP contribution is -2.26. The van der Waals surface area contributed by atoms with Crippen LogP contribution in [0, 0.1) is 17.2 Å². The number of thiophene rings is 1. The average molecular weight is 390 g/mol. The summed E-state index contributed by atoms with van der Waals surface area (Å²) < 4.78 is 1.96. The van der Waals surface area contributed by atoms with Gasteiger partial charge >= 0.3 is 0 Å². The van der Waals surface area contributed by atoms with E-state index in [0.717, 1.165) is 21.8 Å². The predicted octanol–water partition coefficient (Wildman–Crippen LogP) is 3.18. The van der Waals surface area contributed by atoms with Gasteiger partial charge in [0.15, 0.2) is 11.0 Å². The number of rotatable bonds is 7. The van der Waals surface area contributed by atoms with Crippen LogP contribution in [0.5, 0.6) is 0 Å². The van der Waals surface area contributed by atoms with E-state index in [1.807, 2.05) is 29.0 Å². The molecule has 0 aromatic carbocycles. The highest BCUT2D eigenvalue weighted by atomic mass is 32.2. The van der Waals surface area contributed by atoms with Crippen molar-refractivity contribution < 1.29 is 4.79 Å². The smallest absolute Gasteiger partial charge is 0.230 e. The van der Waals surface area contributed by atoms with Gasteiger partial charge in [0.1, 0.15) is 0 Å². The molecule has 0 unspecified atom stereocenters. The molecule has 0 bridgehead atoms. The number of aromatic nitrogens is 3. The lowest BCUT2D eigenvalue weighted by atomic mass is 9.87. The van der Waals surface area contributed by atoms with E-state index in [2.05, 4.69) is 28.5 Å². The minimum Gasteiger partial charge on any atom is -0.354 e. The minimum atomic E-state index is -0.0907. The summed E-state index contributed by atoms with van der Waals surface area (Å²) in [6.07, 6.45) is 5.19. The number of hydrogen-bond acceptors (Lipinski definition) is 6. The molecule has 0 saturated carbocycles. The van der Waals surface area contributed by atoms with E-state index in [0.29, 0.717) is 13.0 Å². The van der Waals surface area contributed by atoms with E-state index in [-0.39, 0.29) is 11.7 Å². The van der Waals surface area contributed by atoms with E-state index in [4.69, 9.17) is 5.26 Å². The largest absolute Gasteiger partial charge is 0.354 e. The minimum absolute atomic E-state index is 0.0907. The second-order valence-corrected chi connectivity index (χ2v) is 8.57. The first-order valence-corrected chi connectivity index (χ1v) is 10.7. The summed E-state index contributed by atoms with van der Waals surface area (Å²) in [6, 6.07) is 4.28. The maximum Gasteiger partial charge on any atom is 0.230 e. The van der Waals surface area contributed by atoms with Crippen molar-refractivity contribution in [1.29, 1.82) is 5.26 Å². The summed E-state index contributed by atoms with van der Waals surface area (Å²) in [5.41, 5.74) is 1.47. The third-order valence-corrected chi connectivity index (χ3v) is 6.96. The first-order valence-electron chi connectivity index (χ1n) is 8.90. The first-order chi connectivity index (χ1) is 12.6. The third kappa shape index (κ3) is 4.27. The van der Waals surface area contributed by atoms with Gasteiger partial charge in [-0.15, -0.1) is 21.5 Å².